The number of anilines is 1. The van der Waals surface area contributed by atoms with Gasteiger partial charge in [-0.3, -0.25) is 9.97 Å². The number of rotatable bonds is 5. The van der Waals surface area contributed by atoms with Crippen LogP contribution in [-0.4, -0.2) is 49.6 Å². The quantitative estimate of drug-likeness (QED) is 0.420. The van der Waals surface area contributed by atoms with E-state index in [4.69, 9.17) is 9.97 Å². The standard InChI is InChI=1S/C27H27N5OS/c33-34(32-16-4-1-5-17-32)23-11-8-21(9-12-23)26-27(29-15-14-28-26)22-18-31(19-22)25-13-10-20-6-2-3-7-24(20)30-25/h2-3,6-15,22H,1,4-5,16-19H2. The fourth-order valence-corrected chi connectivity index (χ4v) is 6.11. The molecule has 7 heteroatoms. The average Bonchev–Trinajstić information content (AvgIpc) is 2.88. The predicted molar refractivity (Wildman–Crippen MR) is 136 cm³/mol. The molecule has 4 aromatic rings. The molecule has 1 unspecified atom stereocenters. The Kier molecular flexibility index (Phi) is 5.81. The Morgan fingerprint density at radius 3 is 2.41 bits per heavy atom. The minimum absolute atomic E-state index is 0.305. The summed E-state index contributed by atoms with van der Waals surface area (Å²) in [5.74, 6) is 1.31. The monoisotopic (exact) mass is 469 g/mol. The van der Waals surface area contributed by atoms with Gasteiger partial charge >= 0.3 is 0 Å². The average molecular weight is 470 g/mol. The number of pyridine rings is 1. The molecule has 6 nitrogen and oxygen atoms in total. The molecule has 1 atom stereocenters. The number of aromatic nitrogens is 3. The maximum absolute atomic E-state index is 12.9. The fraction of sp³-hybridized carbons (Fsp3) is 0.296. The van der Waals surface area contributed by atoms with Crippen molar-refractivity contribution in [3.63, 3.8) is 0 Å². The highest BCUT2D eigenvalue weighted by Gasteiger charge is 2.32. The first kappa shape index (κ1) is 21.4. The van der Waals surface area contributed by atoms with Gasteiger partial charge in [-0.2, -0.15) is 0 Å². The molecule has 0 amide bonds. The van der Waals surface area contributed by atoms with Crippen LogP contribution in [0.1, 0.15) is 30.9 Å². The first-order chi connectivity index (χ1) is 16.8. The van der Waals surface area contributed by atoms with Crippen LogP contribution in [0.4, 0.5) is 5.82 Å². The van der Waals surface area contributed by atoms with Crippen LogP contribution in [0.15, 0.2) is 78.0 Å². The molecule has 0 N–H and O–H groups in total. The normalized spacial score (nSPS) is 18.1. The van der Waals surface area contributed by atoms with E-state index in [9.17, 15) is 4.21 Å². The zero-order valence-corrected chi connectivity index (χ0v) is 19.8. The van der Waals surface area contributed by atoms with Crippen molar-refractivity contribution in [1.82, 2.24) is 19.3 Å². The van der Waals surface area contributed by atoms with Gasteiger partial charge in [0.2, 0.25) is 0 Å². The van der Waals surface area contributed by atoms with E-state index in [0.717, 1.165) is 77.6 Å². The van der Waals surface area contributed by atoms with E-state index in [2.05, 4.69) is 38.5 Å². The summed E-state index contributed by atoms with van der Waals surface area (Å²) < 4.78 is 15.0. The number of nitrogens with zero attached hydrogens (tertiary/aromatic N) is 5. The van der Waals surface area contributed by atoms with Crippen molar-refractivity contribution in [2.24, 2.45) is 0 Å². The highest BCUT2D eigenvalue weighted by molar-refractivity contribution is 7.82. The van der Waals surface area contributed by atoms with Crippen molar-refractivity contribution in [1.29, 1.82) is 0 Å². The van der Waals surface area contributed by atoms with E-state index < -0.39 is 11.0 Å². The predicted octanol–water partition coefficient (Wildman–Crippen LogP) is 4.80. The molecule has 0 aliphatic carbocycles. The van der Waals surface area contributed by atoms with E-state index in [0.29, 0.717) is 5.92 Å². The van der Waals surface area contributed by atoms with Gasteiger partial charge in [-0.15, -0.1) is 0 Å². The Balaban J connectivity index is 1.19. The number of hydrogen-bond acceptors (Lipinski definition) is 5. The van der Waals surface area contributed by atoms with Crippen LogP contribution in [0.2, 0.25) is 0 Å². The van der Waals surface area contributed by atoms with Gasteiger partial charge in [0.15, 0.2) is 0 Å². The molecule has 2 aliphatic rings. The molecular formula is C27H27N5OS. The number of benzene rings is 2. The lowest BCUT2D eigenvalue weighted by molar-refractivity contribution is 0.365. The van der Waals surface area contributed by atoms with E-state index in [1.807, 2.05) is 36.4 Å². The van der Waals surface area contributed by atoms with Gasteiger partial charge in [0.05, 0.1) is 21.8 Å². The van der Waals surface area contributed by atoms with Gasteiger partial charge in [-0.25, -0.2) is 13.5 Å². The second-order valence-electron chi connectivity index (χ2n) is 9.02. The molecule has 6 rings (SSSR count). The first-order valence-corrected chi connectivity index (χ1v) is 13.1. The van der Waals surface area contributed by atoms with Crippen molar-refractivity contribution < 1.29 is 4.21 Å². The summed E-state index contributed by atoms with van der Waals surface area (Å²) in [6, 6.07) is 20.5. The summed E-state index contributed by atoms with van der Waals surface area (Å²) in [6.07, 6.45) is 7.01. The molecule has 34 heavy (non-hydrogen) atoms. The number of piperidine rings is 1. The third-order valence-corrected chi connectivity index (χ3v) is 8.29. The molecular weight excluding hydrogens is 442 g/mol. The van der Waals surface area contributed by atoms with Gasteiger partial charge in [0, 0.05) is 55.4 Å². The summed E-state index contributed by atoms with van der Waals surface area (Å²) in [5, 5.41) is 1.16. The SMILES string of the molecule is O=S(c1ccc(-c2nccnc2C2CN(c3ccc4ccccc4n3)C2)cc1)N1CCCCC1. The Morgan fingerprint density at radius 1 is 0.824 bits per heavy atom. The molecule has 2 fully saturated rings. The lowest BCUT2D eigenvalue weighted by atomic mass is 9.92. The summed E-state index contributed by atoms with van der Waals surface area (Å²) in [5.41, 5.74) is 3.97. The molecule has 0 spiro atoms. The highest BCUT2D eigenvalue weighted by Crippen LogP contribution is 2.35. The molecule has 0 radical (unpaired) electrons. The van der Waals surface area contributed by atoms with Crippen molar-refractivity contribution in [3.8, 4) is 11.3 Å². The maximum Gasteiger partial charge on any atom is 0.129 e. The molecule has 0 saturated carbocycles. The third-order valence-electron chi connectivity index (χ3n) is 6.78. The van der Waals surface area contributed by atoms with Crippen LogP contribution < -0.4 is 4.90 Å². The molecule has 0 bridgehead atoms. The lowest BCUT2D eigenvalue weighted by Gasteiger charge is -2.40. The fourth-order valence-electron chi connectivity index (χ4n) is 4.85. The highest BCUT2D eigenvalue weighted by atomic mass is 32.2. The van der Waals surface area contributed by atoms with Crippen molar-refractivity contribution >= 4 is 27.7 Å². The van der Waals surface area contributed by atoms with Crippen LogP contribution in [0, 0.1) is 0 Å². The second-order valence-corrected chi connectivity index (χ2v) is 10.5. The summed E-state index contributed by atoms with van der Waals surface area (Å²) in [6.45, 7) is 3.56. The van der Waals surface area contributed by atoms with Gasteiger partial charge < -0.3 is 4.90 Å². The van der Waals surface area contributed by atoms with Gasteiger partial charge in [-0.05, 0) is 43.2 Å². The number of hydrogen-bond donors (Lipinski definition) is 0. The third kappa shape index (κ3) is 4.10. The van der Waals surface area contributed by atoms with E-state index >= 15 is 0 Å². The molecule has 2 aliphatic heterocycles. The first-order valence-electron chi connectivity index (χ1n) is 12.0. The van der Waals surface area contributed by atoms with Gasteiger partial charge in [-0.1, -0.05) is 36.8 Å². The van der Waals surface area contributed by atoms with Crippen LogP contribution in [0.3, 0.4) is 0 Å². The smallest absolute Gasteiger partial charge is 0.129 e. The minimum atomic E-state index is -1.09. The van der Waals surface area contributed by atoms with Crippen molar-refractivity contribution in [2.75, 3.05) is 31.1 Å². The van der Waals surface area contributed by atoms with Gasteiger partial charge in [0.25, 0.3) is 0 Å². The Hall–Kier alpha value is -3.16. The molecule has 2 saturated heterocycles. The molecule has 4 heterocycles. The van der Waals surface area contributed by atoms with Crippen LogP contribution in [0.25, 0.3) is 22.2 Å². The topological polar surface area (TPSA) is 62.2 Å². The van der Waals surface area contributed by atoms with Crippen LogP contribution in [-0.2, 0) is 11.0 Å². The van der Waals surface area contributed by atoms with E-state index in [-0.39, 0.29) is 0 Å². The van der Waals surface area contributed by atoms with Crippen LogP contribution >= 0.6 is 0 Å². The zero-order valence-electron chi connectivity index (χ0n) is 19.0. The molecule has 2 aromatic carbocycles. The maximum atomic E-state index is 12.9. The molecule has 2 aromatic heterocycles. The van der Waals surface area contributed by atoms with Crippen LogP contribution in [0.5, 0.6) is 0 Å². The lowest BCUT2D eigenvalue weighted by Crippen LogP contribution is -2.46. The van der Waals surface area contributed by atoms with E-state index in [1.54, 1.807) is 12.4 Å². The zero-order chi connectivity index (χ0) is 22.9. The van der Waals surface area contributed by atoms with Crippen molar-refractivity contribution in [3.05, 3.63) is 78.8 Å². The summed E-state index contributed by atoms with van der Waals surface area (Å²) in [4.78, 5) is 17.4. The number of fused-ring (bicyclic) bond motifs is 1. The molecule has 172 valence electrons. The second kappa shape index (κ2) is 9.24. The number of para-hydroxylation sites is 1. The Bertz CT molecular complexity index is 1330. The largest absolute Gasteiger partial charge is 0.355 e. The summed E-state index contributed by atoms with van der Waals surface area (Å²) >= 11 is 0. The Morgan fingerprint density at radius 2 is 1.59 bits per heavy atom. The van der Waals surface area contributed by atoms with E-state index in [1.165, 1.54) is 6.42 Å². The summed E-state index contributed by atoms with van der Waals surface area (Å²) in [7, 11) is -1.09. The van der Waals surface area contributed by atoms with Gasteiger partial charge in [0.1, 0.15) is 16.8 Å². The minimum Gasteiger partial charge on any atom is -0.355 e. The van der Waals surface area contributed by atoms with Crippen molar-refractivity contribution in [2.45, 2.75) is 30.1 Å². The Labute approximate surface area is 202 Å².